The lowest BCUT2D eigenvalue weighted by molar-refractivity contribution is -0.120. The summed E-state index contributed by atoms with van der Waals surface area (Å²) in [4.78, 5) is 23.2. The molecule has 7 heteroatoms. The standard InChI is InChI=1S/C22H18FN3O2S/c1-15-4-2-6-18(10-15)28-14-21(27)26(13-16-5-3-9-24-12-16)22-25-19-8-7-17(23)11-20(19)29-22/h2-12H,13-14H2,1H3. The second kappa shape index (κ2) is 8.36. The highest BCUT2D eigenvalue weighted by Gasteiger charge is 2.21. The fraction of sp³-hybridized carbons (Fsp3) is 0.136. The van der Waals surface area contributed by atoms with Gasteiger partial charge in [-0.3, -0.25) is 14.7 Å². The molecule has 0 spiro atoms. The maximum absolute atomic E-state index is 13.6. The summed E-state index contributed by atoms with van der Waals surface area (Å²) in [5, 5.41) is 0.493. The fourth-order valence-electron chi connectivity index (χ4n) is 2.87. The molecule has 2 aromatic carbocycles. The number of ether oxygens (including phenoxy) is 1. The lowest BCUT2D eigenvalue weighted by Crippen LogP contribution is -2.34. The van der Waals surface area contributed by atoms with E-state index in [1.807, 2.05) is 43.3 Å². The Bertz CT molecular complexity index is 1150. The number of aromatic nitrogens is 2. The molecule has 4 aromatic rings. The zero-order valence-electron chi connectivity index (χ0n) is 15.7. The first-order chi connectivity index (χ1) is 14.1. The minimum absolute atomic E-state index is 0.131. The van der Waals surface area contributed by atoms with Crippen LogP contribution in [0.1, 0.15) is 11.1 Å². The third kappa shape index (κ3) is 4.57. The van der Waals surface area contributed by atoms with E-state index >= 15 is 0 Å². The van der Waals surface area contributed by atoms with E-state index in [4.69, 9.17) is 4.74 Å². The van der Waals surface area contributed by atoms with Crippen molar-refractivity contribution in [3.05, 3.63) is 83.9 Å². The van der Waals surface area contributed by atoms with Crippen molar-refractivity contribution < 1.29 is 13.9 Å². The summed E-state index contributed by atoms with van der Waals surface area (Å²) in [6.07, 6.45) is 3.38. The molecule has 0 saturated carbocycles. The van der Waals surface area contributed by atoms with E-state index in [2.05, 4.69) is 9.97 Å². The van der Waals surface area contributed by atoms with Crippen LogP contribution in [0.5, 0.6) is 5.75 Å². The van der Waals surface area contributed by atoms with Crippen LogP contribution in [-0.2, 0) is 11.3 Å². The van der Waals surface area contributed by atoms with Crippen molar-refractivity contribution in [1.29, 1.82) is 0 Å². The number of rotatable bonds is 6. The molecule has 5 nitrogen and oxygen atoms in total. The average molecular weight is 407 g/mol. The SMILES string of the molecule is Cc1cccc(OCC(=O)N(Cc2cccnc2)c2nc3ccc(F)cc3s2)c1. The van der Waals surface area contributed by atoms with Crippen LogP contribution in [0, 0.1) is 12.7 Å². The predicted octanol–water partition coefficient (Wildman–Crippen LogP) is 4.75. The Morgan fingerprint density at radius 3 is 2.86 bits per heavy atom. The van der Waals surface area contributed by atoms with Gasteiger partial charge in [-0.15, -0.1) is 0 Å². The number of fused-ring (bicyclic) bond motifs is 1. The van der Waals surface area contributed by atoms with Crippen molar-refractivity contribution in [2.75, 3.05) is 11.5 Å². The summed E-state index contributed by atoms with van der Waals surface area (Å²) in [6.45, 7) is 2.13. The number of nitrogens with zero attached hydrogens (tertiary/aromatic N) is 3. The van der Waals surface area contributed by atoms with Gasteiger partial charge < -0.3 is 4.74 Å². The van der Waals surface area contributed by atoms with E-state index in [-0.39, 0.29) is 18.3 Å². The molecular weight excluding hydrogens is 389 g/mol. The topological polar surface area (TPSA) is 55.3 Å². The van der Waals surface area contributed by atoms with Gasteiger partial charge in [0.1, 0.15) is 11.6 Å². The number of aryl methyl sites for hydroxylation is 1. The number of hydrogen-bond acceptors (Lipinski definition) is 5. The molecular formula is C22H18FN3O2S. The Labute approximate surface area is 171 Å². The molecule has 4 rings (SSSR count). The Kier molecular flexibility index (Phi) is 5.48. The average Bonchev–Trinajstić information content (AvgIpc) is 3.14. The van der Waals surface area contributed by atoms with Gasteiger partial charge in [0, 0.05) is 12.4 Å². The number of amides is 1. The van der Waals surface area contributed by atoms with E-state index in [9.17, 15) is 9.18 Å². The number of carbonyl (C=O) groups is 1. The number of carbonyl (C=O) groups excluding carboxylic acids is 1. The van der Waals surface area contributed by atoms with Crippen molar-refractivity contribution in [2.45, 2.75) is 13.5 Å². The van der Waals surface area contributed by atoms with E-state index in [0.717, 1.165) is 11.1 Å². The van der Waals surface area contributed by atoms with Gasteiger partial charge in [0.2, 0.25) is 0 Å². The largest absolute Gasteiger partial charge is 0.484 e. The van der Waals surface area contributed by atoms with Crippen LogP contribution < -0.4 is 9.64 Å². The van der Waals surface area contributed by atoms with Crippen molar-refractivity contribution >= 4 is 32.6 Å². The molecule has 0 aliphatic rings. The van der Waals surface area contributed by atoms with E-state index in [1.54, 1.807) is 23.4 Å². The quantitative estimate of drug-likeness (QED) is 0.463. The van der Waals surface area contributed by atoms with Crippen molar-refractivity contribution in [1.82, 2.24) is 9.97 Å². The summed E-state index contributed by atoms with van der Waals surface area (Å²) in [6, 6.07) is 15.6. The maximum atomic E-state index is 13.6. The Morgan fingerprint density at radius 1 is 1.17 bits per heavy atom. The predicted molar refractivity (Wildman–Crippen MR) is 112 cm³/mol. The summed E-state index contributed by atoms with van der Waals surface area (Å²) in [5.41, 5.74) is 2.56. The minimum Gasteiger partial charge on any atom is -0.484 e. The Morgan fingerprint density at radius 2 is 2.07 bits per heavy atom. The van der Waals surface area contributed by atoms with Crippen LogP contribution >= 0.6 is 11.3 Å². The van der Waals surface area contributed by atoms with Crippen LogP contribution in [-0.4, -0.2) is 22.5 Å². The molecule has 1 amide bonds. The molecule has 0 saturated heterocycles. The summed E-state index contributed by atoms with van der Waals surface area (Å²) >= 11 is 1.27. The summed E-state index contributed by atoms with van der Waals surface area (Å²) < 4.78 is 19.9. The van der Waals surface area contributed by atoms with E-state index in [0.29, 0.717) is 27.6 Å². The zero-order valence-corrected chi connectivity index (χ0v) is 16.5. The van der Waals surface area contributed by atoms with Crippen LogP contribution in [0.15, 0.2) is 67.0 Å². The van der Waals surface area contributed by atoms with Gasteiger partial charge in [-0.25, -0.2) is 9.37 Å². The monoisotopic (exact) mass is 407 g/mol. The molecule has 0 atom stereocenters. The van der Waals surface area contributed by atoms with Gasteiger partial charge in [0.15, 0.2) is 11.7 Å². The van der Waals surface area contributed by atoms with Crippen LogP contribution in [0.25, 0.3) is 10.2 Å². The second-order valence-electron chi connectivity index (χ2n) is 6.55. The smallest absolute Gasteiger partial charge is 0.267 e. The highest BCUT2D eigenvalue weighted by atomic mass is 32.1. The Hall–Kier alpha value is -3.32. The first kappa shape index (κ1) is 19.0. The van der Waals surface area contributed by atoms with Gasteiger partial charge in [-0.05, 0) is 54.4 Å². The summed E-state index contributed by atoms with van der Waals surface area (Å²) in [5.74, 6) is 0.0570. The van der Waals surface area contributed by atoms with Crippen LogP contribution in [0.3, 0.4) is 0 Å². The minimum atomic E-state index is -0.333. The third-order valence-corrected chi connectivity index (χ3v) is 5.33. The molecule has 0 fully saturated rings. The number of hydrogen-bond donors (Lipinski definition) is 0. The van der Waals surface area contributed by atoms with E-state index < -0.39 is 0 Å². The molecule has 0 N–H and O–H groups in total. The second-order valence-corrected chi connectivity index (χ2v) is 7.56. The number of thiazole rings is 1. The fourth-order valence-corrected chi connectivity index (χ4v) is 3.87. The van der Waals surface area contributed by atoms with Crippen LogP contribution in [0.4, 0.5) is 9.52 Å². The lowest BCUT2D eigenvalue weighted by atomic mass is 10.2. The highest BCUT2D eigenvalue weighted by molar-refractivity contribution is 7.22. The maximum Gasteiger partial charge on any atom is 0.267 e. The van der Waals surface area contributed by atoms with Gasteiger partial charge >= 0.3 is 0 Å². The molecule has 0 unspecified atom stereocenters. The van der Waals surface area contributed by atoms with Gasteiger partial charge in [0.25, 0.3) is 5.91 Å². The number of halogens is 1. The molecule has 0 aliphatic heterocycles. The van der Waals surface area contributed by atoms with Gasteiger partial charge in [-0.2, -0.15) is 0 Å². The van der Waals surface area contributed by atoms with Crippen LogP contribution in [0.2, 0.25) is 0 Å². The molecule has 2 heterocycles. The summed E-state index contributed by atoms with van der Waals surface area (Å²) in [7, 11) is 0. The Balaban J connectivity index is 1.60. The molecule has 0 radical (unpaired) electrons. The molecule has 0 aliphatic carbocycles. The molecule has 0 bridgehead atoms. The molecule has 29 heavy (non-hydrogen) atoms. The number of pyridine rings is 1. The van der Waals surface area contributed by atoms with Crippen molar-refractivity contribution in [3.63, 3.8) is 0 Å². The lowest BCUT2D eigenvalue weighted by Gasteiger charge is -2.20. The highest BCUT2D eigenvalue weighted by Crippen LogP contribution is 2.30. The van der Waals surface area contributed by atoms with Crippen molar-refractivity contribution in [2.24, 2.45) is 0 Å². The third-order valence-electron chi connectivity index (χ3n) is 4.29. The molecule has 146 valence electrons. The molecule has 2 aromatic heterocycles. The van der Waals surface area contributed by atoms with E-state index in [1.165, 1.54) is 23.5 Å². The number of anilines is 1. The first-order valence-corrected chi connectivity index (χ1v) is 9.85. The normalized spacial score (nSPS) is 10.8. The number of benzene rings is 2. The van der Waals surface area contributed by atoms with Gasteiger partial charge in [0.05, 0.1) is 16.8 Å². The zero-order chi connectivity index (χ0) is 20.2. The van der Waals surface area contributed by atoms with Gasteiger partial charge in [-0.1, -0.05) is 29.5 Å². The van der Waals surface area contributed by atoms with Crippen molar-refractivity contribution in [3.8, 4) is 5.75 Å². The first-order valence-electron chi connectivity index (χ1n) is 9.03.